The van der Waals surface area contributed by atoms with Crippen molar-refractivity contribution < 1.29 is 35.3 Å². The molecule has 10 nitrogen and oxygen atoms in total. The molecule has 188 valence electrons. The lowest BCUT2D eigenvalue weighted by Gasteiger charge is -2.19. The van der Waals surface area contributed by atoms with Gasteiger partial charge in [-0.05, 0) is 42.3 Å². The van der Waals surface area contributed by atoms with Gasteiger partial charge in [0.1, 0.15) is 12.3 Å². The molecule has 36 heavy (non-hydrogen) atoms. The molecule has 1 aliphatic heterocycles. The first kappa shape index (κ1) is 25.2. The Morgan fingerprint density at radius 1 is 1.06 bits per heavy atom. The summed E-state index contributed by atoms with van der Waals surface area (Å²) in [5.74, 6) is -1.34. The van der Waals surface area contributed by atoms with Crippen molar-refractivity contribution in [1.82, 2.24) is 4.72 Å². The average molecular weight is 531 g/mol. The van der Waals surface area contributed by atoms with Crippen LogP contribution in [0.4, 0.5) is 5.69 Å². The van der Waals surface area contributed by atoms with E-state index in [4.69, 9.17) is 8.92 Å². The van der Waals surface area contributed by atoms with Crippen LogP contribution in [0.5, 0.6) is 11.5 Å². The van der Waals surface area contributed by atoms with Crippen molar-refractivity contribution in [3.8, 4) is 11.5 Å². The van der Waals surface area contributed by atoms with Crippen LogP contribution in [0.1, 0.15) is 27.0 Å². The maximum absolute atomic E-state index is 12.8. The molecule has 1 saturated heterocycles. The van der Waals surface area contributed by atoms with Crippen LogP contribution in [0.2, 0.25) is 0 Å². The third kappa shape index (κ3) is 5.66. The van der Waals surface area contributed by atoms with Crippen molar-refractivity contribution in [1.29, 1.82) is 0 Å². The molecular formula is C24H22N2O8S2. The summed E-state index contributed by atoms with van der Waals surface area (Å²) in [5.41, 5.74) is 1.99. The molecule has 0 unspecified atom stereocenters. The summed E-state index contributed by atoms with van der Waals surface area (Å²) in [5, 5.41) is 0. The van der Waals surface area contributed by atoms with Gasteiger partial charge in [-0.1, -0.05) is 42.5 Å². The largest absolute Gasteiger partial charge is 0.421 e. The molecule has 1 aliphatic rings. The second-order valence-corrected chi connectivity index (χ2v) is 11.3. The first-order chi connectivity index (χ1) is 16.9. The van der Waals surface area contributed by atoms with Gasteiger partial charge < -0.3 is 8.92 Å². The molecule has 0 aliphatic carbocycles. The minimum atomic E-state index is -4.16. The van der Waals surface area contributed by atoms with E-state index in [1.807, 2.05) is 4.72 Å². The molecule has 1 heterocycles. The highest BCUT2D eigenvalue weighted by molar-refractivity contribution is 7.92. The number of amides is 1. The van der Waals surface area contributed by atoms with Crippen LogP contribution in [-0.2, 0) is 31.5 Å². The highest BCUT2D eigenvalue weighted by Crippen LogP contribution is 2.35. The number of rotatable bonds is 7. The first-order valence-electron chi connectivity index (χ1n) is 10.6. The fourth-order valence-corrected chi connectivity index (χ4v) is 5.39. The second-order valence-electron chi connectivity index (χ2n) is 8.12. The number of hydrogen-bond acceptors (Lipinski definition) is 8. The highest BCUT2D eigenvalue weighted by atomic mass is 32.2. The number of carbonyl (C=O) groups excluding carboxylic acids is 2. The Morgan fingerprint density at radius 3 is 2.42 bits per heavy atom. The van der Waals surface area contributed by atoms with E-state index in [-0.39, 0.29) is 29.2 Å². The Morgan fingerprint density at radius 2 is 1.78 bits per heavy atom. The minimum Gasteiger partial charge on any atom is -0.421 e. The molecule has 0 saturated carbocycles. The number of nitrogens with one attached hydrogen (secondary N) is 1. The number of aryl methyl sites for hydroxylation is 1. The number of carbonyl (C=O) groups is 2. The van der Waals surface area contributed by atoms with E-state index in [1.165, 1.54) is 12.1 Å². The fourth-order valence-electron chi connectivity index (χ4n) is 3.69. The van der Waals surface area contributed by atoms with Crippen LogP contribution in [0, 0.1) is 6.92 Å². The summed E-state index contributed by atoms with van der Waals surface area (Å²) >= 11 is 0. The SMILES string of the molecule is Cc1cccc(Cc2ccc(N3CC(=O)NS3(=O)=O)c(OC(=O)c3ccccc3)c2)c1OS(C)(=O)=O. The molecular weight excluding hydrogens is 508 g/mol. The normalized spacial score (nSPS) is 14.8. The lowest BCUT2D eigenvalue weighted by Crippen LogP contribution is -2.30. The van der Waals surface area contributed by atoms with Gasteiger partial charge in [-0.15, -0.1) is 0 Å². The zero-order chi connectivity index (χ0) is 26.1. The zero-order valence-electron chi connectivity index (χ0n) is 19.3. The van der Waals surface area contributed by atoms with Gasteiger partial charge in [-0.2, -0.15) is 16.8 Å². The Hall–Kier alpha value is -3.90. The highest BCUT2D eigenvalue weighted by Gasteiger charge is 2.36. The van der Waals surface area contributed by atoms with Crippen LogP contribution < -0.4 is 17.9 Å². The van der Waals surface area contributed by atoms with E-state index < -0.39 is 38.7 Å². The molecule has 3 aromatic rings. The Kier molecular flexibility index (Phi) is 6.74. The molecule has 3 aromatic carbocycles. The third-order valence-corrected chi connectivity index (χ3v) is 7.11. The number of anilines is 1. The van der Waals surface area contributed by atoms with E-state index in [9.17, 15) is 26.4 Å². The lowest BCUT2D eigenvalue weighted by atomic mass is 10.0. The molecule has 12 heteroatoms. The van der Waals surface area contributed by atoms with Gasteiger partial charge in [-0.25, -0.2) is 13.8 Å². The van der Waals surface area contributed by atoms with E-state index >= 15 is 0 Å². The van der Waals surface area contributed by atoms with Crippen LogP contribution in [0.3, 0.4) is 0 Å². The van der Waals surface area contributed by atoms with Gasteiger partial charge in [0.15, 0.2) is 5.75 Å². The molecule has 1 N–H and O–H groups in total. The van der Waals surface area contributed by atoms with Gasteiger partial charge >= 0.3 is 26.3 Å². The Labute approximate surface area is 208 Å². The summed E-state index contributed by atoms with van der Waals surface area (Å²) in [6.07, 6.45) is 1.14. The summed E-state index contributed by atoms with van der Waals surface area (Å²) < 4.78 is 61.9. The van der Waals surface area contributed by atoms with Crippen LogP contribution in [0.15, 0.2) is 66.7 Å². The van der Waals surface area contributed by atoms with Gasteiger partial charge in [0.2, 0.25) is 0 Å². The van der Waals surface area contributed by atoms with Crippen molar-refractivity contribution in [2.45, 2.75) is 13.3 Å². The molecule has 0 aromatic heterocycles. The van der Waals surface area contributed by atoms with Crippen molar-refractivity contribution in [3.05, 3.63) is 89.0 Å². The fraction of sp³-hybridized carbons (Fsp3) is 0.167. The summed E-state index contributed by atoms with van der Waals surface area (Å²) in [4.78, 5) is 24.6. The summed E-state index contributed by atoms with van der Waals surface area (Å²) in [6, 6.07) is 17.8. The first-order valence-corrected chi connectivity index (χ1v) is 13.9. The number of hydrogen-bond donors (Lipinski definition) is 1. The molecule has 0 radical (unpaired) electrons. The Bertz CT molecular complexity index is 1550. The predicted molar refractivity (Wildman–Crippen MR) is 132 cm³/mol. The lowest BCUT2D eigenvalue weighted by molar-refractivity contribution is -0.117. The number of para-hydroxylation sites is 1. The van der Waals surface area contributed by atoms with Crippen LogP contribution >= 0.6 is 0 Å². The number of benzene rings is 3. The van der Waals surface area contributed by atoms with E-state index in [0.29, 0.717) is 16.7 Å². The maximum atomic E-state index is 12.8. The third-order valence-electron chi connectivity index (χ3n) is 5.25. The quantitative estimate of drug-likeness (QED) is 0.279. The number of esters is 1. The topological polar surface area (TPSA) is 136 Å². The van der Waals surface area contributed by atoms with Gasteiger partial charge in [-0.3, -0.25) is 4.79 Å². The van der Waals surface area contributed by atoms with Crippen molar-refractivity contribution in [3.63, 3.8) is 0 Å². The van der Waals surface area contributed by atoms with Crippen molar-refractivity contribution in [2.24, 2.45) is 0 Å². The van der Waals surface area contributed by atoms with Crippen molar-refractivity contribution >= 4 is 37.9 Å². The second kappa shape index (κ2) is 9.63. The van der Waals surface area contributed by atoms with Crippen LogP contribution in [-0.4, -0.2) is 41.5 Å². The summed E-state index contributed by atoms with van der Waals surface area (Å²) in [6.45, 7) is 1.24. The zero-order valence-corrected chi connectivity index (χ0v) is 20.9. The molecule has 1 fully saturated rings. The smallest absolute Gasteiger partial charge is 0.343 e. The molecule has 0 atom stereocenters. The molecule has 4 rings (SSSR count). The van der Waals surface area contributed by atoms with Gasteiger partial charge in [0.25, 0.3) is 5.91 Å². The predicted octanol–water partition coefficient (Wildman–Crippen LogP) is 2.32. The van der Waals surface area contributed by atoms with Crippen molar-refractivity contribution in [2.75, 3.05) is 17.1 Å². The standard InChI is InChI=1S/C24H22N2O8S2/c1-16-7-6-10-19(23(16)34-35(2,29)30)13-17-11-12-20(26-15-22(27)25-36(26,31)32)21(14-17)33-24(28)18-8-4-3-5-9-18/h3-12,14H,13,15H2,1-2H3,(H,25,27). The van der Waals surface area contributed by atoms with Gasteiger partial charge in [0, 0.05) is 12.0 Å². The number of ether oxygens (including phenoxy) is 1. The van der Waals surface area contributed by atoms with E-state index in [0.717, 1.165) is 10.6 Å². The molecule has 0 bridgehead atoms. The number of nitrogens with zero attached hydrogens (tertiary/aromatic N) is 1. The van der Waals surface area contributed by atoms with Gasteiger partial charge in [0.05, 0.1) is 17.5 Å². The summed E-state index contributed by atoms with van der Waals surface area (Å²) in [7, 11) is -7.95. The van der Waals surface area contributed by atoms with Crippen LogP contribution in [0.25, 0.3) is 0 Å². The maximum Gasteiger partial charge on any atom is 0.343 e. The minimum absolute atomic E-state index is 0.00164. The van der Waals surface area contributed by atoms with E-state index in [2.05, 4.69) is 0 Å². The molecule has 1 amide bonds. The molecule has 0 spiro atoms. The monoisotopic (exact) mass is 530 g/mol. The average Bonchev–Trinajstić information content (AvgIpc) is 3.08. The van der Waals surface area contributed by atoms with E-state index in [1.54, 1.807) is 61.5 Å². The Balaban J connectivity index is 1.75.